The van der Waals surface area contributed by atoms with E-state index in [-0.39, 0.29) is 5.54 Å². The van der Waals surface area contributed by atoms with Crippen LogP contribution in [0, 0.1) is 0 Å². The van der Waals surface area contributed by atoms with Gasteiger partial charge < -0.3 is 10.1 Å². The van der Waals surface area contributed by atoms with Crippen molar-refractivity contribution < 1.29 is 4.74 Å². The lowest BCUT2D eigenvalue weighted by molar-refractivity contribution is 0.414. The van der Waals surface area contributed by atoms with Crippen molar-refractivity contribution in [3.8, 4) is 5.75 Å². The molecule has 0 unspecified atom stereocenters. The van der Waals surface area contributed by atoms with Crippen LogP contribution in [0.5, 0.6) is 5.75 Å². The Hall–Kier alpha value is -1.00. The molecule has 0 amide bonds. The Kier molecular flexibility index (Phi) is 3.19. The SMILES string of the molecule is COc1ccc2c(c1)C(=CS)C(=S)C(C)(C)N2. The first-order valence-corrected chi connectivity index (χ1v) is 6.28. The lowest BCUT2D eigenvalue weighted by atomic mass is 9.85. The summed E-state index contributed by atoms with van der Waals surface area (Å²) in [6, 6.07) is 5.92. The molecule has 1 aromatic carbocycles. The summed E-state index contributed by atoms with van der Waals surface area (Å²) in [5, 5.41) is 5.20. The molecule has 1 aliphatic rings. The maximum absolute atomic E-state index is 5.50. The molecule has 17 heavy (non-hydrogen) atoms. The first-order valence-electron chi connectivity index (χ1n) is 5.35. The third kappa shape index (κ3) is 2.07. The number of ether oxygens (including phenoxy) is 1. The topological polar surface area (TPSA) is 21.3 Å². The van der Waals surface area contributed by atoms with Gasteiger partial charge in [-0.1, -0.05) is 12.2 Å². The zero-order valence-corrected chi connectivity index (χ0v) is 11.8. The molecule has 0 radical (unpaired) electrons. The number of anilines is 1. The molecular formula is C13H15NOS2. The molecule has 0 fully saturated rings. The number of methoxy groups -OCH3 is 1. The fourth-order valence-corrected chi connectivity index (χ4v) is 2.54. The lowest BCUT2D eigenvalue weighted by Crippen LogP contribution is -2.42. The van der Waals surface area contributed by atoms with Crippen LogP contribution in [0.3, 0.4) is 0 Å². The molecular weight excluding hydrogens is 250 g/mol. The van der Waals surface area contributed by atoms with E-state index >= 15 is 0 Å². The molecule has 0 saturated heterocycles. The fraction of sp³-hybridized carbons (Fsp3) is 0.308. The van der Waals surface area contributed by atoms with E-state index in [1.54, 1.807) is 12.5 Å². The fourth-order valence-electron chi connectivity index (χ4n) is 1.96. The minimum absolute atomic E-state index is 0.231. The van der Waals surface area contributed by atoms with Crippen LogP contribution in [0.15, 0.2) is 23.6 Å². The Balaban J connectivity index is 2.61. The Morgan fingerprint density at radius 1 is 1.41 bits per heavy atom. The molecule has 0 aliphatic carbocycles. The van der Waals surface area contributed by atoms with E-state index in [0.29, 0.717) is 0 Å². The van der Waals surface area contributed by atoms with E-state index in [1.165, 1.54) is 0 Å². The van der Waals surface area contributed by atoms with Gasteiger partial charge in [0.15, 0.2) is 0 Å². The van der Waals surface area contributed by atoms with Crippen LogP contribution < -0.4 is 10.1 Å². The van der Waals surface area contributed by atoms with E-state index < -0.39 is 0 Å². The van der Waals surface area contributed by atoms with Gasteiger partial charge in [-0.3, -0.25) is 0 Å². The van der Waals surface area contributed by atoms with Gasteiger partial charge in [0.05, 0.1) is 12.6 Å². The molecule has 2 nitrogen and oxygen atoms in total. The lowest BCUT2D eigenvalue weighted by Gasteiger charge is -2.36. The number of nitrogens with one attached hydrogen (secondary N) is 1. The van der Waals surface area contributed by atoms with Crippen molar-refractivity contribution in [1.82, 2.24) is 0 Å². The molecule has 0 atom stereocenters. The van der Waals surface area contributed by atoms with Crippen molar-refractivity contribution in [2.45, 2.75) is 19.4 Å². The Morgan fingerprint density at radius 2 is 2.12 bits per heavy atom. The summed E-state index contributed by atoms with van der Waals surface area (Å²) in [7, 11) is 1.66. The number of hydrogen-bond donors (Lipinski definition) is 2. The highest BCUT2D eigenvalue weighted by molar-refractivity contribution is 7.84. The summed E-state index contributed by atoms with van der Waals surface area (Å²) in [5.74, 6) is 0.820. The number of fused-ring (bicyclic) bond motifs is 1. The van der Waals surface area contributed by atoms with E-state index in [1.807, 2.05) is 18.2 Å². The summed E-state index contributed by atoms with van der Waals surface area (Å²) in [6.45, 7) is 4.14. The third-order valence-electron chi connectivity index (χ3n) is 2.91. The van der Waals surface area contributed by atoms with E-state index in [0.717, 1.165) is 27.4 Å². The first-order chi connectivity index (χ1) is 7.99. The van der Waals surface area contributed by atoms with Gasteiger partial charge in [0.2, 0.25) is 0 Å². The van der Waals surface area contributed by atoms with E-state index in [2.05, 4.69) is 31.8 Å². The average Bonchev–Trinajstić information content (AvgIpc) is 2.30. The van der Waals surface area contributed by atoms with Crippen molar-refractivity contribution in [3.63, 3.8) is 0 Å². The van der Waals surface area contributed by atoms with E-state index in [9.17, 15) is 0 Å². The Bertz CT molecular complexity index is 506. The van der Waals surface area contributed by atoms with Crippen LogP contribution in [0.1, 0.15) is 19.4 Å². The number of thiocarbonyl (C=S) groups is 1. The van der Waals surface area contributed by atoms with Crippen molar-refractivity contribution in [2.24, 2.45) is 0 Å². The zero-order chi connectivity index (χ0) is 12.6. The minimum Gasteiger partial charge on any atom is -0.497 e. The first kappa shape index (κ1) is 12.5. The van der Waals surface area contributed by atoms with Crippen molar-refractivity contribution in [1.29, 1.82) is 0 Å². The quantitative estimate of drug-likeness (QED) is 0.461. The van der Waals surface area contributed by atoms with Gasteiger partial charge in [0.25, 0.3) is 0 Å². The second kappa shape index (κ2) is 4.35. The smallest absolute Gasteiger partial charge is 0.119 e. The van der Waals surface area contributed by atoms with Crippen LogP contribution in [-0.2, 0) is 0 Å². The molecule has 0 saturated carbocycles. The van der Waals surface area contributed by atoms with Gasteiger partial charge >= 0.3 is 0 Å². The van der Waals surface area contributed by atoms with Crippen LogP contribution >= 0.6 is 24.8 Å². The van der Waals surface area contributed by atoms with Gasteiger partial charge in [0.1, 0.15) is 5.75 Å². The summed E-state index contributed by atoms with van der Waals surface area (Å²) in [5.41, 5.74) is 2.86. The van der Waals surface area contributed by atoms with Gasteiger partial charge in [0, 0.05) is 21.7 Å². The van der Waals surface area contributed by atoms with Crippen molar-refractivity contribution in [2.75, 3.05) is 12.4 Å². The van der Waals surface area contributed by atoms with E-state index in [4.69, 9.17) is 17.0 Å². The van der Waals surface area contributed by atoms with Crippen LogP contribution in [0.4, 0.5) is 5.69 Å². The van der Waals surface area contributed by atoms with Crippen molar-refractivity contribution >= 4 is 41.0 Å². The predicted octanol–water partition coefficient (Wildman–Crippen LogP) is 3.54. The highest BCUT2D eigenvalue weighted by atomic mass is 32.1. The van der Waals surface area contributed by atoms with Crippen LogP contribution in [0.2, 0.25) is 0 Å². The minimum atomic E-state index is -0.231. The number of rotatable bonds is 1. The Labute approximate surface area is 112 Å². The average molecular weight is 265 g/mol. The summed E-state index contributed by atoms with van der Waals surface area (Å²) >= 11 is 9.77. The molecule has 1 aliphatic heterocycles. The van der Waals surface area contributed by atoms with Crippen molar-refractivity contribution in [3.05, 3.63) is 29.2 Å². The normalized spacial score (nSPS) is 19.8. The van der Waals surface area contributed by atoms with Crippen LogP contribution in [-0.4, -0.2) is 17.5 Å². The standard InChI is InChI=1S/C13H15NOS2/c1-13(2)12(17)10(7-16)9-6-8(15-3)4-5-11(9)14-13/h4-7,14,16H,1-3H3. The van der Waals surface area contributed by atoms with Gasteiger partial charge in [-0.2, -0.15) is 12.6 Å². The molecule has 0 spiro atoms. The second-order valence-electron chi connectivity index (χ2n) is 4.53. The van der Waals surface area contributed by atoms with Gasteiger partial charge in [-0.05, 0) is 37.5 Å². The third-order valence-corrected chi connectivity index (χ3v) is 3.89. The summed E-state index contributed by atoms with van der Waals surface area (Å²) < 4.78 is 5.24. The highest BCUT2D eigenvalue weighted by Crippen LogP contribution is 2.38. The molecule has 1 N–H and O–H groups in total. The molecule has 1 heterocycles. The molecule has 1 aromatic rings. The number of benzene rings is 1. The second-order valence-corrected chi connectivity index (χ2v) is 5.20. The largest absolute Gasteiger partial charge is 0.497 e. The molecule has 0 aromatic heterocycles. The number of thiol groups is 1. The molecule has 0 bridgehead atoms. The van der Waals surface area contributed by atoms with Crippen LogP contribution in [0.25, 0.3) is 5.57 Å². The summed E-state index contributed by atoms with van der Waals surface area (Å²) in [4.78, 5) is 0.869. The highest BCUT2D eigenvalue weighted by Gasteiger charge is 2.32. The Morgan fingerprint density at radius 3 is 2.71 bits per heavy atom. The molecule has 90 valence electrons. The zero-order valence-electron chi connectivity index (χ0n) is 10.1. The maximum Gasteiger partial charge on any atom is 0.119 e. The summed E-state index contributed by atoms with van der Waals surface area (Å²) in [6.07, 6.45) is 0. The maximum atomic E-state index is 5.50. The monoisotopic (exact) mass is 265 g/mol. The predicted molar refractivity (Wildman–Crippen MR) is 80.3 cm³/mol. The number of hydrogen-bond acceptors (Lipinski definition) is 4. The molecule has 2 rings (SSSR count). The van der Waals surface area contributed by atoms with Gasteiger partial charge in [-0.25, -0.2) is 0 Å². The van der Waals surface area contributed by atoms with Gasteiger partial charge in [-0.15, -0.1) is 0 Å². The molecule has 4 heteroatoms.